The van der Waals surface area contributed by atoms with Crippen LogP contribution in [0.4, 0.5) is 13.2 Å². The third-order valence-electron chi connectivity index (χ3n) is 4.60. The Kier molecular flexibility index (Phi) is 4.77. The molecule has 0 spiro atoms. The first-order valence-corrected chi connectivity index (χ1v) is 7.41. The Balaban J connectivity index is 1.85. The average molecular weight is 278 g/mol. The molecule has 1 heterocycles. The van der Waals surface area contributed by atoms with Crippen molar-refractivity contribution in [2.24, 2.45) is 11.8 Å². The normalized spacial score (nSPS) is 37.1. The largest absolute Gasteiger partial charge is 0.401 e. The maximum atomic E-state index is 12.3. The van der Waals surface area contributed by atoms with Crippen LogP contribution in [0.1, 0.15) is 39.5 Å². The van der Waals surface area contributed by atoms with Gasteiger partial charge < -0.3 is 5.32 Å². The van der Waals surface area contributed by atoms with Gasteiger partial charge in [-0.3, -0.25) is 4.90 Å². The fraction of sp³-hybridized carbons (Fsp3) is 1.00. The lowest BCUT2D eigenvalue weighted by Crippen LogP contribution is -2.56. The van der Waals surface area contributed by atoms with Crippen LogP contribution in [-0.4, -0.2) is 42.8 Å². The Labute approximate surface area is 113 Å². The lowest BCUT2D eigenvalue weighted by atomic mass is 9.79. The Morgan fingerprint density at radius 3 is 2.37 bits per heavy atom. The van der Waals surface area contributed by atoms with E-state index >= 15 is 0 Å². The summed E-state index contributed by atoms with van der Waals surface area (Å²) < 4.78 is 36.9. The minimum absolute atomic E-state index is 0.00349. The van der Waals surface area contributed by atoms with E-state index in [0.29, 0.717) is 12.0 Å². The number of likely N-dealkylation sites (tertiary alicyclic amines) is 1. The number of nitrogens with zero attached hydrogens (tertiary/aromatic N) is 1. The molecule has 1 saturated heterocycles. The molecule has 2 aliphatic rings. The van der Waals surface area contributed by atoms with Gasteiger partial charge in [-0.25, -0.2) is 0 Å². The van der Waals surface area contributed by atoms with E-state index in [2.05, 4.69) is 24.1 Å². The Hall–Kier alpha value is -0.290. The van der Waals surface area contributed by atoms with Crippen molar-refractivity contribution in [3.8, 4) is 0 Å². The summed E-state index contributed by atoms with van der Waals surface area (Å²) in [4.78, 5) is 2.42. The lowest BCUT2D eigenvalue weighted by Gasteiger charge is -2.47. The number of rotatable bonds is 4. The van der Waals surface area contributed by atoms with Crippen LogP contribution in [-0.2, 0) is 0 Å². The molecule has 1 saturated carbocycles. The van der Waals surface area contributed by atoms with E-state index in [1.54, 1.807) is 0 Å². The standard InChI is InChI=1S/C14H25F3N2/c1-3-11-6-12(18-9-14(15,16)17)8-19(7-11)13-4-10(2)5-13/h10-13,18H,3-9H2,1-2H3. The van der Waals surface area contributed by atoms with Crippen LogP contribution in [0.2, 0.25) is 0 Å². The highest BCUT2D eigenvalue weighted by Gasteiger charge is 2.37. The molecule has 2 rings (SSSR count). The molecule has 2 nitrogen and oxygen atoms in total. The second kappa shape index (κ2) is 6.00. The summed E-state index contributed by atoms with van der Waals surface area (Å²) in [5.74, 6) is 1.32. The summed E-state index contributed by atoms with van der Waals surface area (Å²) in [5, 5.41) is 2.70. The van der Waals surface area contributed by atoms with Crippen molar-refractivity contribution in [2.45, 2.75) is 57.8 Å². The predicted octanol–water partition coefficient (Wildman–Crippen LogP) is 3.04. The first-order chi connectivity index (χ1) is 8.87. The first kappa shape index (κ1) is 15.1. The second-order valence-corrected chi connectivity index (χ2v) is 6.39. The van der Waals surface area contributed by atoms with E-state index in [0.717, 1.165) is 31.8 Å². The number of piperidine rings is 1. The maximum Gasteiger partial charge on any atom is 0.401 e. The van der Waals surface area contributed by atoms with E-state index in [4.69, 9.17) is 0 Å². The SMILES string of the molecule is CCC1CC(NCC(F)(F)F)CN(C2CC(C)C2)C1. The van der Waals surface area contributed by atoms with Crippen molar-refractivity contribution in [3.05, 3.63) is 0 Å². The Bertz CT molecular complexity index is 287. The van der Waals surface area contributed by atoms with Gasteiger partial charge in [-0.15, -0.1) is 0 Å². The molecular formula is C14H25F3N2. The Morgan fingerprint density at radius 1 is 1.16 bits per heavy atom. The predicted molar refractivity (Wildman–Crippen MR) is 70.0 cm³/mol. The van der Waals surface area contributed by atoms with Crippen LogP contribution >= 0.6 is 0 Å². The highest BCUT2D eigenvalue weighted by atomic mass is 19.4. The van der Waals surface area contributed by atoms with Gasteiger partial charge in [-0.1, -0.05) is 20.3 Å². The molecule has 0 aromatic rings. The van der Waals surface area contributed by atoms with E-state index in [1.807, 2.05) is 0 Å². The van der Waals surface area contributed by atoms with Gasteiger partial charge >= 0.3 is 6.18 Å². The third-order valence-corrected chi connectivity index (χ3v) is 4.60. The van der Waals surface area contributed by atoms with Gasteiger partial charge in [-0.05, 0) is 31.1 Å². The molecule has 112 valence electrons. The van der Waals surface area contributed by atoms with Crippen LogP contribution in [0.5, 0.6) is 0 Å². The zero-order valence-corrected chi connectivity index (χ0v) is 11.8. The van der Waals surface area contributed by atoms with Crippen LogP contribution in [0, 0.1) is 11.8 Å². The van der Waals surface area contributed by atoms with Gasteiger partial charge in [0.25, 0.3) is 0 Å². The van der Waals surface area contributed by atoms with E-state index in [1.165, 1.54) is 12.8 Å². The molecule has 19 heavy (non-hydrogen) atoms. The van der Waals surface area contributed by atoms with Crippen molar-refractivity contribution >= 4 is 0 Å². The van der Waals surface area contributed by atoms with Crippen molar-refractivity contribution in [1.29, 1.82) is 0 Å². The summed E-state index contributed by atoms with van der Waals surface area (Å²) in [6.07, 6.45) is 0.258. The van der Waals surface area contributed by atoms with Gasteiger partial charge in [0.1, 0.15) is 0 Å². The molecule has 5 heteroatoms. The number of halogens is 3. The topological polar surface area (TPSA) is 15.3 Å². The van der Waals surface area contributed by atoms with Gasteiger partial charge in [0.2, 0.25) is 0 Å². The molecule has 2 atom stereocenters. The van der Waals surface area contributed by atoms with Gasteiger partial charge in [0.15, 0.2) is 0 Å². The first-order valence-electron chi connectivity index (χ1n) is 7.41. The summed E-state index contributed by atoms with van der Waals surface area (Å²) in [5.41, 5.74) is 0. The molecule has 0 aromatic heterocycles. The van der Waals surface area contributed by atoms with Crippen molar-refractivity contribution in [1.82, 2.24) is 10.2 Å². The number of alkyl halides is 3. The highest BCUT2D eigenvalue weighted by molar-refractivity contribution is 4.92. The average Bonchev–Trinajstić information content (AvgIpc) is 2.31. The quantitative estimate of drug-likeness (QED) is 0.850. The van der Waals surface area contributed by atoms with Crippen LogP contribution < -0.4 is 5.32 Å². The molecule has 2 unspecified atom stereocenters. The third kappa shape index (κ3) is 4.35. The Morgan fingerprint density at radius 2 is 1.84 bits per heavy atom. The molecule has 0 radical (unpaired) electrons. The number of hydrogen-bond donors (Lipinski definition) is 1. The fourth-order valence-corrected chi connectivity index (χ4v) is 3.40. The van der Waals surface area contributed by atoms with Gasteiger partial charge in [0, 0.05) is 25.2 Å². The maximum absolute atomic E-state index is 12.3. The van der Waals surface area contributed by atoms with Crippen LogP contribution in [0.15, 0.2) is 0 Å². The monoisotopic (exact) mass is 278 g/mol. The lowest BCUT2D eigenvalue weighted by molar-refractivity contribution is -0.127. The van der Waals surface area contributed by atoms with E-state index in [-0.39, 0.29) is 6.04 Å². The molecule has 0 aromatic carbocycles. The molecule has 1 aliphatic carbocycles. The zero-order chi connectivity index (χ0) is 14.0. The van der Waals surface area contributed by atoms with Gasteiger partial charge in [0.05, 0.1) is 6.54 Å². The molecule has 0 bridgehead atoms. The molecule has 1 aliphatic heterocycles. The number of nitrogens with one attached hydrogen (secondary N) is 1. The van der Waals surface area contributed by atoms with E-state index in [9.17, 15) is 13.2 Å². The number of hydrogen-bond acceptors (Lipinski definition) is 2. The molecule has 2 fully saturated rings. The molecule has 0 amide bonds. The molecular weight excluding hydrogens is 253 g/mol. The fourth-order valence-electron chi connectivity index (χ4n) is 3.40. The molecule has 1 N–H and O–H groups in total. The minimum Gasteiger partial charge on any atom is -0.305 e. The van der Waals surface area contributed by atoms with Crippen molar-refractivity contribution in [3.63, 3.8) is 0 Å². The van der Waals surface area contributed by atoms with E-state index < -0.39 is 12.7 Å². The van der Waals surface area contributed by atoms with Crippen molar-refractivity contribution in [2.75, 3.05) is 19.6 Å². The summed E-state index contributed by atoms with van der Waals surface area (Å²) in [6.45, 7) is 5.38. The summed E-state index contributed by atoms with van der Waals surface area (Å²) >= 11 is 0. The highest BCUT2D eigenvalue weighted by Crippen LogP contribution is 2.34. The van der Waals surface area contributed by atoms with Crippen LogP contribution in [0.3, 0.4) is 0 Å². The summed E-state index contributed by atoms with van der Waals surface area (Å²) in [6, 6.07) is 0.607. The minimum atomic E-state index is -4.10. The summed E-state index contributed by atoms with van der Waals surface area (Å²) in [7, 11) is 0. The second-order valence-electron chi connectivity index (χ2n) is 6.39. The smallest absolute Gasteiger partial charge is 0.305 e. The van der Waals surface area contributed by atoms with Crippen LogP contribution in [0.25, 0.3) is 0 Å². The van der Waals surface area contributed by atoms with Gasteiger partial charge in [-0.2, -0.15) is 13.2 Å². The zero-order valence-electron chi connectivity index (χ0n) is 11.8. The van der Waals surface area contributed by atoms with Crippen molar-refractivity contribution < 1.29 is 13.2 Å².